The molecule has 1 aromatic rings. The normalized spacial score (nSPS) is 20.6. The second-order valence-corrected chi connectivity index (χ2v) is 5.98. The molecular formula is C16H19ClN4S. The summed E-state index contributed by atoms with van der Waals surface area (Å²) in [6.07, 6.45) is 3.85. The van der Waals surface area contributed by atoms with Gasteiger partial charge in [-0.05, 0) is 31.4 Å². The largest absolute Gasteiger partial charge is 0.380 e. The average molecular weight is 335 g/mol. The van der Waals surface area contributed by atoms with Gasteiger partial charge >= 0.3 is 0 Å². The molecule has 2 unspecified atom stereocenters. The molecule has 1 saturated carbocycles. The van der Waals surface area contributed by atoms with Crippen molar-refractivity contribution in [3.8, 4) is 6.07 Å². The highest BCUT2D eigenvalue weighted by atomic mass is 35.5. The van der Waals surface area contributed by atoms with Crippen LogP contribution in [0.2, 0.25) is 5.15 Å². The molecule has 2 N–H and O–H groups in total. The second-order valence-electron chi connectivity index (χ2n) is 5.22. The van der Waals surface area contributed by atoms with E-state index >= 15 is 0 Å². The molecule has 0 saturated heterocycles. The number of likely N-dealkylation sites (N-methyl/N-ethyl adjacent to an activating group) is 1. The Morgan fingerprint density at radius 1 is 1.55 bits per heavy atom. The Morgan fingerprint density at radius 2 is 2.32 bits per heavy atom. The van der Waals surface area contributed by atoms with Crippen LogP contribution in [0.4, 0.5) is 0 Å². The summed E-state index contributed by atoms with van der Waals surface area (Å²) in [6.45, 7) is 4.78. The number of aromatic nitrogens is 1. The highest BCUT2D eigenvalue weighted by Gasteiger charge is 2.36. The highest BCUT2D eigenvalue weighted by molar-refractivity contribution is 7.80. The molecule has 0 radical (unpaired) electrons. The molecule has 1 aliphatic carbocycles. The molecule has 2 atom stereocenters. The van der Waals surface area contributed by atoms with Gasteiger partial charge in [0.25, 0.3) is 0 Å². The number of nitriles is 1. The Labute approximate surface area is 141 Å². The monoisotopic (exact) mass is 334 g/mol. The fraction of sp³-hybridized carbons (Fsp3) is 0.438. The van der Waals surface area contributed by atoms with Gasteiger partial charge < -0.3 is 10.6 Å². The molecule has 1 heterocycles. The van der Waals surface area contributed by atoms with E-state index in [1.54, 1.807) is 12.3 Å². The maximum absolute atomic E-state index is 9.56. The quantitative estimate of drug-likeness (QED) is 0.362. The van der Waals surface area contributed by atoms with Crippen molar-refractivity contribution >= 4 is 34.5 Å². The van der Waals surface area contributed by atoms with Crippen LogP contribution in [0, 0.1) is 17.2 Å². The molecule has 0 aliphatic heterocycles. The maximum atomic E-state index is 9.56. The van der Waals surface area contributed by atoms with Crippen LogP contribution in [0.5, 0.6) is 0 Å². The van der Waals surface area contributed by atoms with Crippen molar-refractivity contribution < 1.29 is 0 Å². The van der Waals surface area contributed by atoms with Gasteiger partial charge in [-0.2, -0.15) is 5.26 Å². The number of pyridine rings is 1. The minimum absolute atomic E-state index is 0.365. The van der Waals surface area contributed by atoms with E-state index in [0.717, 1.165) is 12.8 Å². The average Bonchev–Trinajstić information content (AvgIpc) is 3.26. The van der Waals surface area contributed by atoms with Gasteiger partial charge in [-0.15, -0.1) is 0 Å². The van der Waals surface area contributed by atoms with Gasteiger partial charge in [-0.3, -0.25) is 0 Å². The first-order chi connectivity index (χ1) is 10.6. The molecule has 1 fully saturated rings. The summed E-state index contributed by atoms with van der Waals surface area (Å²) in [5.41, 5.74) is 1.80. The summed E-state index contributed by atoms with van der Waals surface area (Å²) in [7, 11) is 0. The smallest absolute Gasteiger partial charge is 0.138 e. The number of hydrogen-bond acceptors (Lipinski definition) is 4. The van der Waals surface area contributed by atoms with Crippen LogP contribution in [0.3, 0.4) is 0 Å². The van der Waals surface area contributed by atoms with E-state index < -0.39 is 0 Å². The second kappa shape index (κ2) is 7.57. The van der Waals surface area contributed by atoms with Crippen molar-refractivity contribution in [1.29, 1.82) is 5.26 Å². The van der Waals surface area contributed by atoms with Crippen LogP contribution in [0.15, 0.2) is 23.9 Å². The lowest BCUT2D eigenvalue weighted by atomic mass is 10.1. The lowest BCUT2D eigenvalue weighted by Gasteiger charge is -2.16. The third-order valence-electron chi connectivity index (χ3n) is 3.73. The van der Waals surface area contributed by atoms with Crippen LogP contribution in [0.1, 0.15) is 32.3 Å². The fourth-order valence-electron chi connectivity index (χ4n) is 2.39. The Morgan fingerprint density at radius 3 is 2.86 bits per heavy atom. The van der Waals surface area contributed by atoms with E-state index in [1.807, 2.05) is 13.0 Å². The maximum Gasteiger partial charge on any atom is 0.138 e. The molecule has 6 heteroatoms. The van der Waals surface area contributed by atoms with Crippen LogP contribution in [-0.2, 0) is 0 Å². The predicted molar refractivity (Wildman–Crippen MR) is 93.4 cm³/mol. The fourth-order valence-corrected chi connectivity index (χ4v) is 2.89. The SMILES string of the molecule is CCNC(=S)/C(C#N)=C(\NC1CC1CC)c1cccnc1Cl. The third-order valence-corrected chi connectivity index (χ3v) is 4.38. The van der Waals surface area contributed by atoms with Crippen LogP contribution in [-0.4, -0.2) is 22.6 Å². The molecule has 0 amide bonds. The van der Waals surface area contributed by atoms with Crippen molar-refractivity contribution in [1.82, 2.24) is 15.6 Å². The minimum Gasteiger partial charge on any atom is -0.380 e. The standard InChI is InChI=1S/C16H19ClN4S/c1-3-10-8-13(10)21-14(11-6-5-7-20-15(11)17)12(9-18)16(22)19-4-2/h5-7,10,13,21H,3-4,8H2,1-2H3,(H,19,22)/b14-12-. The molecule has 1 aliphatic rings. The first-order valence-corrected chi connectivity index (χ1v) is 8.20. The predicted octanol–water partition coefficient (Wildman–Crippen LogP) is 3.29. The summed E-state index contributed by atoms with van der Waals surface area (Å²) >= 11 is 11.5. The number of halogens is 1. The zero-order chi connectivity index (χ0) is 16.1. The molecule has 0 bridgehead atoms. The van der Waals surface area contributed by atoms with Gasteiger partial charge in [0.1, 0.15) is 21.8 Å². The molecule has 0 aromatic carbocycles. The molecule has 116 valence electrons. The Hall–Kier alpha value is -1.64. The highest BCUT2D eigenvalue weighted by Crippen LogP contribution is 2.36. The minimum atomic E-state index is 0.365. The Bertz CT molecular complexity index is 635. The zero-order valence-electron chi connectivity index (χ0n) is 12.7. The van der Waals surface area contributed by atoms with Crippen molar-refractivity contribution in [3.05, 3.63) is 34.6 Å². The van der Waals surface area contributed by atoms with Gasteiger partial charge in [0.2, 0.25) is 0 Å². The molecule has 2 rings (SSSR count). The molecule has 4 nitrogen and oxygen atoms in total. The number of nitrogens with one attached hydrogen (secondary N) is 2. The number of hydrogen-bond donors (Lipinski definition) is 2. The Kier molecular flexibility index (Phi) is 5.76. The van der Waals surface area contributed by atoms with Gasteiger partial charge in [0, 0.05) is 24.3 Å². The molecule has 1 aromatic heterocycles. The molecule has 22 heavy (non-hydrogen) atoms. The van der Waals surface area contributed by atoms with E-state index in [4.69, 9.17) is 23.8 Å². The van der Waals surface area contributed by atoms with Crippen molar-refractivity contribution in [2.75, 3.05) is 6.54 Å². The summed E-state index contributed by atoms with van der Waals surface area (Å²) < 4.78 is 0. The zero-order valence-corrected chi connectivity index (χ0v) is 14.3. The summed E-state index contributed by atoms with van der Waals surface area (Å²) in [4.78, 5) is 4.54. The van der Waals surface area contributed by atoms with Crippen molar-refractivity contribution in [3.63, 3.8) is 0 Å². The van der Waals surface area contributed by atoms with Crippen LogP contribution < -0.4 is 10.6 Å². The van der Waals surface area contributed by atoms with Crippen LogP contribution >= 0.6 is 23.8 Å². The first kappa shape index (κ1) is 16.7. The third kappa shape index (κ3) is 3.76. The van der Waals surface area contributed by atoms with E-state index in [-0.39, 0.29) is 0 Å². The molecular weight excluding hydrogens is 316 g/mol. The summed E-state index contributed by atoms with van der Waals surface area (Å²) in [5, 5.41) is 16.4. The van der Waals surface area contributed by atoms with Gasteiger partial charge in [-0.1, -0.05) is 37.2 Å². The number of nitrogens with zero attached hydrogens (tertiary/aromatic N) is 2. The van der Waals surface area contributed by atoms with Gasteiger partial charge in [-0.25, -0.2) is 4.98 Å². The van der Waals surface area contributed by atoms with E-state index in [1.165, 1.54) is 0 Å². The van der Waals surface area contributed by atoms with Gasteiger partial charge in [0.05, 0.1) is 5.70 Å². The molecule has 0 spiro atoms. The Balaban J connectivity index is 2.43. The van der Waals surface area contributed by atoms with Crippen molar-refractivity contribution in [2.45, 2.75) is 32.7 Å². The summed E-state index contributed by atoms with van der Waals surface area (Å²) in [6, 6.07) is 6.23. The van der Waals surface area contributed by atoms with Gasteiger partial charge in [0.15, 0.2) is 0 Å². The van der Waals surface area contributed by atoms with E-state index in [2.05, 4.69) is 28.6 Å². The lowest BCUT2D eigenvalue weighted by molar-refractivity contribution is 0.715. The van der Waals surface area contributed by atoms with E-state index in [9.17, 15) is 5.26 Å². The topological polar surface area (TPSA) is 60.7 Å². The number of thiocarbonyl (C=S) groups is 1. The summed E-state index contributed by atoms with van der Waals surface area (Å²) in [5.74, 6) is 0.637. The van der Waals surface area contributed by atoms with Crippen molar-refractivity contribution in [2.24, 2.45) is 5.92 Å². The number of rotatable bonds is 6. The lowest BCUT2D eigenvalue weighted by Crippen LogP contribution is -2.27. The first-order valence-electron chi connectivity index (χ1n) is 7.42. The van der Waals surface area contributed by atoms with E-state index in [0.29, 0.717) is 45.5 Å². The van der Waals surface area contributed by atoms with Crippen LogP contribution in [0.25, 0.3) is 5.70 Å².